The number of nitrogens with one attached hydrogen (secondary N) is 2. The van der Waals surface area contributed by atoms with Crippen molar-refractivity contribution < 1.29 is 124 Å². The maximum atomic E-state index is 12.0. The maximum Gasteiger partial charge on any atom is 0.326 e. The molecule has 0 spiro atoms. The van der Waals surface area contributed by atoms with Crippen LogP contribution in [0, 0.1) is 59.2 Å². The van der Waals surface area contributed by atoms with Gasteiger partial charge in [-0.15, -0.1) is 0 Å². The lowest BCUT2D eigenvalue weighted by Crippen LogP contribution is -2.42. The van der Waals surface area contributed by atoms with Gasteiger partial charge in [0, 0.05) is 158 Å². The fraction of sp³-hybridized carbons (Fsp3) is 0.905. The van der Waals surface area contributed by atoms with Crippen molar-refractivity contribution in [3.8, 4) is 0 Å². The van der Waals surface area contributed by atoms with Crippen LogP contribution < -0.4 is 10.6 Å². The number of carbonyl (C=O) groups is 10. The molecule has 800 valence electrons. The molecule has 0 bridgehead atoms. The fourth-order valence-electron chi connectivity index (χ4n) is 12.4. The number of carboxylic acids is 2. The van der Waals surface area contributed by atoms with Crippen molar-refractivity contribution >= 4 is 58.5 Å². The Morgan fingerprint density at radius 1 is 0.281 bits per heavy atom. The average Bonchev–Trinajstić information content (AvgIpc) is 0.887. The quantitative estimate of drug-likeness (QED) is 0.0411. The average molecular weight is 1940 g/mol. The van der Waals surface area contributed by atoms with Crippen LogP contribution in [0.1, 0.15) is 329 Å². The highest BCUT2D eigenvalue weighted by Crippen LogP contribution is 2.21. The van der Waals surface area contributed by atoms with Gasteiger partial charge in [0.25, 0.3) is 0 Å². The Morgan fingerprint density at radius 2 is 0.548 bits per heavy atom. The van der Waals surface area contributed by atoms with E-state index in [2.05, 4.69) is 75.8 Å². The van der Waals surface area contributed by atoms with Crippen molar-refractivity contribution in [1.82, 2.24) is 20.4 Å². The smallest absolute Gasteiger partial charge is 0.326 e. The van der Waals surface area contributed by atoms with Crippen LogP contribution in [-0.4, -0.2) is 312 Å². The number of ether oxygens (including phenoxy) is 14. The van der Waals surface area contributed by atoms with E-state index in [1.54, 1.807) is 27.7 Å². The summed E-state index contributed by atoms with van der Waals surface area (Å²) in [5.41, 5.74) is 0. The summed E-state index contributed by atoms with van der Waals surface area (Å²) >= 11 is 0. The van der Waals surface area contributed by atoms with Crippen LogP contribution in [0.2, 0.25) is 0 Å². The van der Waals surface area contributed by atoms with Crippen LogP contribution in [0.4, 0.5) is 0 Å². The molecule has 4 N–H and O–H groups in total. The van der Waals surface area contributed by atoms with Crippen molar-refractivity contribution in [3.05, 3.63) is 0 Å². The van der Waals surface area contributed by atoms with E-state index in [0.717, 1.165) is 84.5 Å². The molecule has 4 unspecified atom stereocenters. The Labute approximate surface area is 820 Å². The molecular weight excluding hydrogens is 1730 g/mol. The van der Waals surface area contributed by atoms with E-state index in [4.69, 9.17) is 71.4 Å². The van der Waals surface area contributed by atoms with Gasteiger partial charge in [-0.05, 0) is 203 Å². The van der Waals surface area contributed by atoms with E-state index >= 15 is 0 Å². The summed E-state index contributed by atoms with van der Waals surface area (Å²) < 4.78 is 75.9. The number of hydrogen-bond acceptors (Lipinski definition) is 26. The molecule has 0 aromatic heterocycles. The predicted octanol–water partition coefficient (Wildman–Crippen LogP) is 17.4. The third-order valence-corrected chi connectivity index (χ3v) is 21.0. The number of piperidine rings is 2. The standard InChI is InChI=1S/C23H42N2O6.C18H35NO3.C17H31NO6.C15H28O4.C12H24O3.C11H24O2.C9H20O2/c1-17(2)22(27)24-21(23(28)29)10-9-20(26)8-6-12-30-13-14-31-16-19-7-5-11-25(15-19)18(3)4;1-15(2)18(20)8-6-10-21-11-12-22-14-17-7-5-9-19(13-17)16(3)4;1-12(2)16(20)18-15(17(21)22)8-7-14(19)6-5-9-23-10-11-24-13(3)4;1-12(2)14(16)6-5-8-18-10-11-19-9-7-15(17)13(3)4;1-10(2)12(13)6-5-7-14-8-9-15-11(3)4;1-10(2)6-5-7-12-8-9-13-11(3)4;1-8(2)7-10-5-6-11-9(3)4/h17-19,21H,5-16H2,1-4H3,(H,24,27)(H,28,29);15-17H,5-14H2,1-4H3;12-13,15H,5-11H2,1-4H3,(H,18,20)(H,21,22);12-13H,5-11H2,1-4H3;10-11H,5-9H2,1-4H3;10-11H,5-9H2,1-4H3;8-9H,5-7H2,1-4H3. The van der Waals surface area contributed by atoms with Crippen molar-refractivity contribution in [2.45, 2.75) is 377 Å². The molecule has 2 fully saturated rings. The Kier molecular flexibility index (Phi) is 96.8. The highest BCUT2D eigenvalue weighted by atomic mass is 16.6. The molecule has 30 nitrogen and oxygen atoms in total. The van der Waals surface area contributed by atoms with E-state index in [-0.39, 0.29) is 108 Å². The zero-order valence-corrected chi connectivity index (χ0v) is 90.6. The molecule has 0 aromatic rings. The molecule has 0 aliphatic carbocycles. The van der Waals surface area contributed by atoms with Gasteiger partial charge in [-0.2, -0.15) is 0 Å². The molecule has 0 radical (unpaired) electrons. The molecule has 2 heterocycles. The second-order valence-electron chi connectivity index (χ2n) is 39.3. The van der Waals surface area contributed by atoms with Gasteiger partial charge in [-0.1, -0.05) is 111 Å². The molecular formula is C105H204N4O26. The molecule has 4 atom stereocenters. The van der Waals surface area contributed by atoms with Gasteiger partial charge in [0.2, 0.25) is 11.8 Å². The Balaban J connectivity index is -0.000000499. The Hall–Kier alpha value is -4.74. The summed E-state index contributed by atoms with van der Waals surface area (Å²) in [5.74, 6) is 0.791. The number of amides is 2. The first-order chi connectivity index (χ1) is 63.7. The fourth-order valence-corrected chi connectivity index (χ4v) is 12.4. The molecule has 30 heteroatoms. The van der Waals surface area contributed by atoms with Crippen molar-refractivity contribution in [2.75, 3.05) is 185 Å². The lowest BCUT2D eigenvalue weighted by molar-refractivity contribution is -0.143. The Morgan fingerprint density at radius 3 is 0.815 bits per heavy atom. The van der Waals surface area contributed by atoms with Crippen LogP contribution in [0.3, 0.4) is 0 Å². The van der Waals surface area contributed by atoms with Gasteiger partial charge >= 0.3 is 11.9 Å². The summed E-state index contributed by atoms with van der Waals surface area (Å²) in [5, 5.41) is 23.2. The topological polar surface area (TPSA) is 371 Å². The van der Waals surface area contributed by atoms with E-state index in [1.165, 1.54) is 51.6 Å². The van der Waals surface area contributed by atoms with Crippen molar-refractivity contribution in [3.63, 3.8) is 0 Å². The number of Topliss-reactive ketones (excluding diaryl/α,β-unsaturated/α-hetero) is 6. The third-order valence-electron chi connectivity index (χ3n) is 21.0. The first-order valence-corrected chi connectivity index (χ1v) is 51.6. The number of carboxylic acid groups (broad SMARTS) is 2. The van der Waals surface area contributed by atoms with E-state index < -0.39 is 24.0 Å². The Bertz CT molecular complexity index is 2790. The molecule has 2 aliphatic rings. The van der Waals surface area contributed by atoms with E-state index in [0.29, 0.717) is 217 Å². The molecule has 135 heavy (non-hydrogen) atoms. The van der Waals surface area contributed by atoms with Crippen LogP contribution in [0.5, 0.6) is 0 Å². The number of hydrogen-bond donors (Lipinski definition) is 4. The van der Waals surface area contributed by atoms with Crippen molar-refractivity contribution in [2.24, 2.45) is 59.2 Å². The van der Waals surface area contributed by atoms with Crippen LogP contribution in [-0.2, 0) is 114 Å². The van der Waals surface area contributed by atoms with Crippen LogP contribution in [0.15, 0.2) is 0 Å². The van der Waals surface area contributed by atoms with Gasteiger partial charge in [0.15, 0.2) is 0 Å². The SMILES string of the molecule is CC(C)C(=O)CCCOCCOCC1CCCN(C(C)C)C1.CC(C)C(=O)CCCOCCOCCC(=O)C(C)C.CC(C)C(=O)NC(CCC(=O)CCCOCCOCC1CCCN(C(C)C)C1)C(=O)O.CC(C)CCCOCCOC(C)C.CC(C)COCCOC(C)C.CC(C)OCCOCCCC(=O)C(C)C.CC(C)OCCOCCCC(=O)CCC(NC(=O)C(C)C)C(=O)O. The number of aliphatic carboxylic acids is 2. The summed E-state index contributed by atoms with van der Waals surface area (Å²) in [7, 11) is 0. The number of rotatable bonds is 76. The van der Waals surface area contributed by atoms with Gasteiger partial charge in [-0.25, -0.2) is 9.59 Å². The molecule has 2 rings (SSSR count). The van der Waals surface area contributed by atoms with E-state index in [1.807, 2.05) is 111 Å². The van der Waals surface area contributed by atoms with Gasteiger partial charge < -0.3 is 97.0 Å². The summed E-state index contributed by atoms with van der Waals surface area (Å²) in [6.07, 6.45) is 15.6. The third kappa shape index (κ3) is 99.2. The van der Waals surface area contributed by atoms with Crippen LogP contribution >= 0.6 is 0 Å². The molecule has 2 aliphatic heterocycles. The monoisotopic (exact) mass is 1940 g/mol. The van der Waals surface area contributed by atoms with Crippen LogP contribution in [0.25, 0.3) is 0 Å². The lowest BCUT2D eigenvalue weighted by Gasteiger charge is -2.35. The maximum absolute atomic E-state index is 12.0. The minimum absolute atomic E-state index is 0.0168. The number of likely N-dealkylation sites (tertiary alicyclic amines) is 2. The second kappa shape index (κ2) is 94.2. The molecule has 0 aromatic carbocycles. The predicted molar refractivity (Wildman–Crippen MR) is 538 cm³/mol. The zero-order chi connectivity index (χ0) is 103. The molecule has 0 saturated carbocycles. The zero-order valence-electron chi connectivity index (χ0n) is 90.6. The highest BCUT2D eigenvalue weighted by Gasteiger charge is 2.27. The number of ketones is 6. The minimum Gasteiger partial charge on any atom is -0.480 e. The minimum atomic E-state index is -1.12. The van der Waals surface area contributed by atoms with E-state index in [9.17, 15) is 53.1 Å². The second-order valence-corrected chi connectivity index (χ2v) is 39.3. The largest absolute Gasteiger partial charge is 0.480 e. The lowest BCUT2D eigenvalue weighted by atomic mass is 9.98. The molecule has 2 amide bonds. The molecule has 2 saturated heterocycles. The summed E-state index contributed by atoms with van der Waals surface area (Å²) in [6, 6.07) is -0.820. The number of nitrogens with zero attached hydrogens (tertiary/aromatic N) is 2. The number of carbonyl (C=O) groups excluding carboxylic acids is 8. The van der Waals surface area contributed by atoms with Gasteiger partial charge in [0.05, 0.1) is 137 Å². The van der Waals surface area contributed by atoms with Gasteiger partial charge in [0.1, 0.15) is 46.8 Å². The first kappa shape index (κ1) is 139. The van der Waals surface area contributed by atoms with Gasteiger partial charge in [-0.3, -0.25) is 38.4 Å². The summed E-state index contributed by atoms with van der Waals surface area (Å²) in [4.78, 5) is 120. The van der Waals surface area contributed by atoms with Crippen molar-refractivity contribution in [1.29, 1.82) is 0 Å². The summed E-state index contributed by atoms with van der Waals surface area (Å²) in [6.45, 7) is 75.8. The first-order valence-electron chi connectivity index (χ1n) is 51.6. The highest BCUT2D eigenvalue weighted by molar-refractivity contribution is 5.87. The normalized spacial score (nSPS) is 14.6.